The van der Waals surface area contributed by atoms with Gasteiger partial charge < -0.3 is 15.0 Å². The van der Waals surface area contributed by atoms with Crippen molar-refractivity contribution in [1.82, 2.24) is 15.2 Å². The Hall–Kier alpha value is -1.86. The van der Waals surface area contributed by atoms with E-state index in [1.54, 1.807) is 17.2 Å². The van der Waals surface area contributed by atoms with E-state index in [0.29, 0.717) is 37.0 Å². The van der Waals surface area contributed by atoms with E-state index in [1.165, 1.54) is 0 Å². The standard InChI is InChI=1S/C15H21ClN4O3/c1-3-8-23-14-7-5-12(20(21)22)15(19(14)2)18-10-11-4-6-13(16)17-9-11/h4,6,9,14,18H,3,5,7-8,10H2,1-2H3. The summed E-state index contributed by atoms with van der Waals surface area (Å²) in [6.07, 6.45) is 3.41. The van der Waals surface area contributed by atoms with Crippen LogP contribution in [0.15, 0.2) is 29.8 Å². The van der Waals surface area contributed by atoms with Gasteiger partial charge >= 0.3 is 0 Å². The van der Waals surface area contributed by atoms with Gasteiger partial charge in [0.2, 0.25) is 0 Å². The first-order valence-electron chi connectivity index (χ1n) is 7.59. The topological polar surface area (TPSA) is 80.5 Å². The van der Waals surface area contributed by atoms with Crippen LogP contribution in [0.1, 0.15) is 31.7 Å². The SMILES string of the molecule is CCCOC1CCC([N+](=O)[O-])=C(NCc2ccc(Cl)nc2)N1C. The van der Waals surface area contributed by atoms with Crippen molar-refractivity contribution in [1.29, 1.82) is 0 Å². The molecule has 1 unspecified atom stereocenters. The van der Waals surface area contributed by atoms with Crippen LogP contribution in [0, 0.1) is 10.1 Å². The Bertz CT molecular complexity index is 577. The van der Waals surface area contributed by atoms with E-state index in [4.69, 9.17) is 16.3 Å². The molecule has 23 heavy (non-hydrogen) atoms. The molecule has 1 aromatic heterocycles. The first kappa shape index (κ1) is 17.5. The minimum atomic E-state index is -0.324. The summed E-state index contributed by atoms with van der Waals surface area (Å²) in [5.74, 6) is 0.498. The van der Waals surface area contributed by atoms with Gasteiger partial charge in [0.25, 0.3) is 5.70 Å². The lowest BCUT2D eigenvalue weighted by Crippen LogP contribution is -2.43. The van der Waals surface area contributed by atoms with Gasteiger partial charge in [-0.2, -0.15) is 0 Å². The molecule has 0 fully saturated rings. The third kappa shape index (κ3) is 4.56. The van der Waals surface area contributed by atoms with Gasteiger partial charge in [0, 0.05) is 39.2 Å². The summed E-state index contributed by atoms with van der Waals surface area (Å²) in [4.78, 5) is 16.8. The number of ether oxygens (including phenoxy) is 1. The molecular formula is C15H21ClN4O3. The number of halogens is 1. The maximum Gasteiger partial charge on any atom is 0.286 e. The number of nitro groups is 1. The molecular weight excluding hydrogens is 320 g/mol. The Kier molecular flexibility index (Phi) is 6.18. The molecule has 1 N–H and O–H groups in total. The molecule has 0 bridgehead atoms. The van der Waals surface area contributed by atoms with Gasteiger partial charge in [0.05, 0.1) is 4.92 Å². The fourth-order valence-electron chi connectivity index (χ4n) is 2.47. The summed E-state index contributed by atoms with van der Waals surface area (Å²) in [6.45, 7) is 3.10. The second-order valence-electron chi connectivity index (χ2n) is 5.37. The summed E-state index contributed by atoms with van der Waals surface area (Å²) in [5.41, 5.74) is 1.08. The fourth-order valence-corrected chi connectivity index (χ4v) is 2.58. The van der Waals surface area contributed by atoms with Gasteiger partial charge in [0.15, 0.2) is 5.82 Å². The highest BCUT2D eigenvalue weighted by molar-refractivity contribution is 6.29. The highest BCUT2D eigenvalue weighted by Gasteiger charge is 2.32. The van der Waals surface area contributed by atoms with Crippen molar-refractivity contribution >= 4 is 11.6 Å². The van der Waals surface area contributed by atoms with Crippen molar-refractivity contribution in [2.75, 3.05) is 13.7 Å². The van der Waals surface area contributed by atoms with Crippen LogP contribution in [0.4, 0.5) is 0 Å². The zero-order valence-corrected chi connectivity index (χ0v) is 14.0. The molecule has 8 heteroatoms. The Labute approximate surface area is 140 Å². The molecule has 2 rings (SSSR count). The molecule has 1 aliphatic rings. The fraction of sp³-hybridized carbons (Fsp3) is 0.533. The molecule has 1 aromatic rings. The van der Waals surface area contributed by atoms with E-state index in [1.807, 2.05) is 20.0 Å². The molecule has 7 nitrogen and oxygen atoms in total. The van der Waals surface area contributed by atoms with Crippen molar-refractivity contribution in [3.05, 3.63) is 50.7 Å². The second-order valence-corrected chi connectivity index (χ2v) is 5.76. The number of nitrogens with one attached hydrogen (secondary N) is 1. The molecule has 0 aromatic carbocycles. The molecule has 0 aliphatic carbocycles. The van der Waals surface area contributed by atoms with E-state index < -0.39 is 0 Å². The Balaban J connectivity index is 2.12. The summed E-state index contributed by atoms with van der Waals surface area (Å²) in [5, 5.41) is 14.9. The molecule has 2 heterocycles. The van der Waals surface area contributed by atoms with Crippen molar-refractivity contribution in [3.8, 4) is 0 Å². The van der Waals surface area contributed by atoms with Gasteiger partial charge in [0.1, 0.15) is 11.4 Å². The van der Waals surface area contributed by atoms with Crippen LogP contribution in [0.5, 0.6) is 0 Å². The zero-order chi connectivity index (χ0) is 16.8. The normalized spacial score (nSPS) is 18.2. The first-order valence-corrected chi connectivity index (χ1v) is 7.97. The summed E-state index contributed by atoms with van der Waals surface area (Å²) in [6, 6.07) is 3.53. The van der Waals surface area contributed by atoms with Crippen molar-refractivity contribution in [2.45, 2.75) is 39.0 Å². The van der Waals surface area contributed by atoms with Crippen LogP contribution < -0.4 is 5.32 Å². The molecule has 1 aliphatic heterocycles. The molecule has 126 valence electrons. The van der Waals surface area contributed by atoms with Gasteiger partial charge in [-0.3, -0.25) is 10.1 Å². The number of rotatable bonds is 7. The lowest BCUT2D eigenvalue weighted by molar-refractivity contribution is -0.433. The van der Waals surface area contributed by atoms with E-state index in [2.05, 4.69) is 10.3 Å². The Morgan fingerprint density at radius 3 is 2.96 bits per heavy atom. The van der Waals surface area contributed by atoms with Gasteiger partial charge in [-0.1, -0.05) is 24.6 Å². The number of hydrogen-bond acceptors (Lipinski definition) is 6. The highest BCUT2D eigenvalue weighted by Crippen LogP contribution is 2.25. The minimum absolute atomic E-state index is 0.149. The number of hydrogen-bond donors (Lipinski definition) is 1. The van der Waals surface area contributed by atoms with Crippen molar-refractivity contribution < 1.29 is 9.66 Å². The minimum Gasteiger partial charge on any atom is -0.362 e. The quantitative estimate of drug-likeness (QED) is 0.467. The van der Waals surface area contributed by atoms with E-state index in [0.717, 1.165) is 12.0 Å². The number of nitrogens with zero attached hydrogens (tertiary/aromatic N) is 3. The van der Waals surface area contributed by atoms with Gasteiger partial charge in [-0.05, 0) is 18.1 Å². The lowest BCUT2D eigenvalue weighted by atomic mass is 10.1. The molecule has 0 amide bonds. The first-order chi connectivity index (χ1) is 11.0. The zero-order valence-electron chi connectivity index (χ0n) is 13.3. The predicted octanol–water partition coefficient (Wildman–Crippen LogP) is 2.75. The molecule has 1 atom stereocenters. The largest absolute Gasteiger partial charge is 0.362 e. The summed E-state index contributed by atoms with van der Waals surface area (Å²) < 4.78 is 5.77. The summed E-state index contributed by atoms with van der Waals surface area (Å²) in [7, 11) is 1.81. The maximum absolute atomic E-state index is 11.3. The van der Waals surface area contributed by atoms with Crippen LogP contribution in [0.2, 0.25) is 5.15 Å². The highest BCUT2D eigenvalue weighted by atomic mass is 35.5. The molecule has 0 saturated heterocycles. The smallest absolute Gasteiger partial charge is 0.286 e. The van der Waals surface area contributed by atoms with Crippen molar-refractivity contribution in [3.63, 3.8) is 0 Å². The van der Waals surface area contributed by atoms with Gasteiger partial charge in [-0.25, -0.2) is 4.98 Å². The van der Waals surface area contributed by atoms with Crippen molar-refractivity contribution in [2.24, 2.45) is 0 Å². The Morgan fingerprint density at radius 1 is 1.57 bits per heavy atom. The second kappa shape index (κ2) is 8.12. The third-order valence-corrected chi connectivity index (χ3v) is 3.89. The van der Waals surface area contributed by atoms with Crippen LogP contribution in [-0.4, -0.2) is 34.7 Å². The monoisotopic (exact) mass is 340 g/mol. The van der Waals surface area contributed by atoms with E-state index in [-0.39, 0.29) is 16.8 Å². The average Bonchev–Trinajstić information content (AvgIpc) is 2.53. The average molecular weight is 341 g/mol. The van der Waals surface area contributed by atoms with Gasteiger partial charge in [-0.15, -0.1) is 0 Å². The predicted molar refractivity (Wildman–Crippen MR) is 87.1 cm³/mol. The van der Waals surface area contributed by atoms with E-state index in [9.17, 15) is 10.1 Å². The van der Waals surface area contributed by atoms with Crippen LogP contribution in [0.3, 0.4) is 0 Å². The maximum atomic E-state index is 11.3. The Morgan fingerprint density at radius 2 is 2.35 bits per heavy atom. The lowest BCUT2D eigenvalue weighted by Gasteiger charge is -2.34. The number of pyridine rings is 1. The molecule has 0 saturated carbocycles. The molecule has 0 radical (unpaired) electrons. The van der Waals surface area contributed by atoms with E-state index >= 15 is 0 Å². The summed E-state index contributed by atoms with van der Waals surface area (Å²) >= 11 is 5.76. The third-order valence-electron chi connectivity index (χ3n) is 3.67. The van der Waals surface area contributed by atoms with Crippen LogP contribution in [0.25, 0.3) is 0 Å². The number of aromatic nitrogens is 1. The van der Waals surface area contributed by atoms with Crippen LogP contribution >= 0.6 is 11.6 Å². The number of allylic oxidation sites excluding steroid dienone is 1. The van der Waals surface area contributed by atoms with Crippen LogP contribution in [-0.2, 0) is 11.3 Å². The molecule has 0 spiro atoms.